The second-order valence-corrected chi connectivity index (χ2v) is 7.97. The molecule has 0 unspecified atom stereocenters. The molecule has 2 aliphatic heterocycles. The highest BCUT2D eigenvalue weighted by molar-refractivity contribution is 8.18. The van der Waals surface area contributed by atoms with Crippen LogP contribution in [0.15, 0.2) is 16.4 Å². The predicted molar refractivity (Wildman–Crippen MR) is 96.8 cm³/mol. The Morgan fingerprint density at radius 3 is 2.54 bits per heavy atom. The fourth-order valence-electron chi connectivity index (χ4n) is 2.84. The van der Waals surface area contributed by atoms with Gasteiger partial charge in [0.1, 0.15) is 6.54 Å². The highest BCUT2D eigenvalue weighted by Crippen LogP contribution is 2.33. The molecule has 0 radical (unpaired) electrons. The minimum atomic E-state index is -0.360. The van der Waals surface area contributed by atoms with Crippen molar-refractivity contribution in [2.75, 3.05) is 19.6 Å². The van der Waals surface area contributed by atoms with Crippen molar-refractivity contribution in [3.05, 3.63) is 26.8 Å². The summed E-state index contributed by atoms with van der Waals surface area (Å²) in [5.74, 6) is -0.492. The average Bonchev–Trinajstić information content (AvgIpc) is 2.95. The summed E-state index contributed by atoms with van der Waals surface area (Å²) < 4.78 is 0. The van der Waals surface area contributed by atoms with Crippen LogP contribution >= 0.6 is 23.1 Å². The molecule has 3 amide bonds. The number of aryl methyl sites for hydroxylation is 1. The summed E-state index contributed by atoms with van der Waals surface area (Å²) in [6.07, 6.45) is 6.00. The molecular weight excluding hydrogens is 344 g/mol. The predicted octanol–water partition coefficient (Wildman–Crippen LogP) is 3.50. The summed E-state index contributed by atoms with van der Waals surface area (Å²) in [5, 5.41) is 1.59. The van der Waals surface area contributed by atoms with Crippen LogP contribution in [0.1, 0.15) is 36.1 Å². The summed E-state index contributed by atoms with van der Waals surface area (Å²) in [4.78, 5) is 41.3. The van der Waals surface area contributed by atoms with E-state index in [-0.39, 0.29) is 23.6 Å². The number of nitrogens with zero attached hydrogens (tertiary/aromatic N) is 2. The molecule has 3 heterocycles. The zero-order valence-electron chi connectivity index (χ0n) is 13.6. The second-order valence-electron chi connectivity index (χ2n) is 6.03. The lowest BCUT2D eigenvalue weighted by Gasteiger charge is -2.22. The first-order valence-corrected chi connectivity index (χ1v) is 9.83. The lowest BCUT2D eigenvalue weighted by Crippen LogP contribution is -2.42. The minimum Gasteiger partial charge on any atom is -0.341 e. The third-order valence-electron chi connectivity index (χ3n) is 4.29. The Kier molecular flexibility index (Phi) is 5.40. The molecule has 0 aromatic carbocycles. The largest absolute Gasteiger partial charge is 0.341 e. The first-order chi connectivity index (χ1) is 11.6. The van der Waals surface area contributed by atoms with E-state index in [1.807, 2.05) is 18.4 Å². The normalized spacial score (nSPS) is 20.8. The Hall–Kier alpha value is -1.60. The van der Waals surface area contributed by atoms with Crippen molar-refractivity contribution < 1.29 is 14.4 Å². The molecule has 2 fully saturated rings. The zero-order chi connectivity index (χ0) is 17.1. The van der Waals surface area contributed by atoms with Crippen LogP contribution in [0.25, 0.3) is 6.08 Å². The number of amides is 3. The van der Waals surface area contributed by atoms with Gasteiger partial charge in [0, 0.05) is 18.0 Å². The van der Waals surface area contributed by atoms with Gasteiger partial charge in [0.2, 0.25) is 5.91 Å². The Bertz CT molecular complexity index is 688. The fraction of sp³-hybridized carbons (Fsp3) is 0.471. The first-order valence-electron chi connectivity index (χ1n) is 8.13. The van der Waals surface area contributed by atoms with Crippen LogP contribution in [-0.4, -0.2) is 46.5 Å². The summed E-state index contributed by atoms with van der Waals surface area (Å²) >= 11 is 2.45. The Morgan fingerprint density at radius 1 is 1.21 bits per heavy atom. The Balaban J connectivity index is 1.69. The molecule has 0 saturated carbocycles. The zero-order valence-corrected chi connectivity index (χ0v) is 15.3. The smallest absolute Gasteiger partial charge is 0.294 e. The van der Waals surface area contributed by atoms with Crippen molar-refractivity contribution in [3.8, 4) is 0 Å². The lowest BCUT2D eigenvalue weighted by atomic mass is 10.2. The second kappa shape index (κ2) is 7.53. The van der Waals surface area contributed by atoms with Gasteiger partial charge in [-0.25, -0.2) is 0 Å². The van der Waals surface area contributed by atoms with Crippen molar-refractivity contribution in [2.45, 2.75) is 32.6 Å². The first kappa shape index (κ1) is 17.2. The van der Waals surface area contributed by atoms with E-state index in [1.54, 1.807) is 11.0 Å². The molecule has 2 saturated heterocycles. The van der Waals surface area contributed by atoms with E-state index in [0.717, 1.165) is 65.9 Å². The van der Waals surface area contributed by atoms with Crippen LogP contribution in [0, 0.1) is 6.92 Å². The molecule has 128 valence electrons. The van der Waals surface area contributed by atoms with Gasteiger partial charge < -0.3 is 4.90 Å². The maximum Gasteiger partial charge on any atom is 0.294 e. The quantitative estimate of drug-likeness (QED) is 0.771. The summed E-state index contributed by atoms with van der Waals surface area (Å²) in [6.45, 7) is 3.26. The van der Waals surface area contributed by atoms with Crippen LogP contribution in [0.4, 0.5) is 4.79 Å². The van der Waals surface area contributed by atoms with E-state index in [4.69, 9.17) is 0 Å². The number of thiophene rings is 1. The molecule has 2 aliphatic rings. The minimum absolute atomic E-state index is 0.132. The summed E-state index contributed by atoms with van der Waals surface area (Å²) in [6, 6.07) is 1.98. The molecule has 7 heteroatoms. The Morgan fingerprint density at radius 2 is 1.92 bits per heavy atom. The Labute approximate surface area is 149 Å². The van der Waals surface area contributed by atoms with Crippen molar-refractivity contribution in [2.24, 2.45) is 0 Å². The van der Waals surface area contributed by atoms with Crippen molar-refractivity contribution >= 4 is 46.2 Å². The van der Waals surface area contributed by atoms with Gasteiger partial charge in [-0.1, -0.05) is 12.8 Å². The summed E-state index contributed by atoms with van der Waals surface area (Å²) in [7, 11) is 0. The fourth-order valence-corrected chi connectivity index (χ4v) is 4.60. The highest BCUT2D eigenvalue weighted by atomic mass is 32.2. The topological polar surface area (TPSA) is 57.7 Å². The number of hydrogen-bond donors (Lipinski definition) is 0. The van der Waals surface area contributed by atoms with E-state index in [1.165, 1.54) is 11.3 Å². The number of carbonyl (C=O) groups is 3. The molecule has 3 rings (SSSR count). The van der Waals surface area contributed by atoms with E-state index in [0.29, 0.717) is 4.91 Å². The van der Waals surface area contributed by atoms with Crippen LogP contribution in [0.3, 0.4) is 0 Å². The molecule has 0 bridgehead atoms. The van der Waals surface area contributed by atoms with E-state index < -0.39 is 0 Å². The van der Waals surface area contributed by atoms with Gasteiger partial charge >= 0.3 is 0 Å². The highest BCUT2D eigenvalue weighted by Gasteiger charge is 2.37. The number of carbonyl (C=O) groups excluding carboxylic acids is 3. The van der Waals surface area contributed by atoms with Gasteiger partial charge in [-0.3, -0.25) is 19.3 Å². The molecule has 0 aliphatic carbocycles. The van der Waals surface area contributed by atoms with Gasteiger partial charge in [-0.2, -0.15) is 0 Å². The molecular formula is C17H20N2O3S2. The van der Waals surface area contributed by atoms with Crippen molar-refractivity contribution in [3.63, 3.8) is 0 Å². The molecule has 0 N–H and O–H groups in total. The molecule has 1 aromatic heterocycles. The monoisotopic (exact) mass is 364 g/mol. The maximum atomic E-state index is 12.5. The number of thioether (sulfide) groups is 1. The standard InChI is InChI=1S/C17H20N2O3S2/c1-12-6-9-23-13(12)10-14-16(21)19(17(22)24-14)11-15(20)18-7-4-2-3-5-8-18/h6,9-10H,2-5,7-8,11H2,1H3. The number of rotatable bonds is 3. The van der Waals surface area contributed by atoms with Gasteiger partial charge in [-0.15, -0.1) is 11.3 Å². The maximum absolute atomic E-state index is 12.5. The molecule has 1 aromatic rings. The SMILES string of the molecule is Cc1ccsc1C=C1SC(=O)N(CC(=O)N2CCCCCC2)C1=O. The molecule has 0 atom stereocenters. The molecule has 24 heavy (non-hydrogen) atoms. The van der Waals surface area contributed by atoms with Gasteiger partial charge in [0.05, 0.1) is 4.91 Å². The van der Waals surface area contributed by atoms with Crippen LogP contribution in [-0.2, 0) is 9.59 Å². The number of likely N-dealkylation sites (tertiary alicyclic amines) is 1. The molecule has 5 nitrogen and oxygen atoms in total. The van der Waals surface area contributed by atoms with E-state index in [9.17, 15) is 14.4 Å². The lowest BCUT2D eigenvalue weighted by molar-refractivity contribution is -0.135. The van der Waals surface area contributed by atoms with Gasteiger partial charge in [-0.05, 0) is 54.6 Å². The van der Waals surface area contributed by atoms with Crippen LogP contribution < -0.4 is 0 Å². The van der Waals surface area contributed by atoms with Crippen LogP contribution in [0.5, 0.6) is 0 Å². The van der Waals surface area contributed by atoms with E-state index in [2.05, 4.69) is 0 Å². The summed E-state index contributed by atoms with van der Waals surface area (Å²) in [5.41, 5.74) is 1.08. The third-order valence-corrected chi connectivity index (χ3v) is 6.16. The third kappa shape index (κ3) is 3.72. The van der Waals surface area contributed by atoms with E-state index >= 15 is 0 Å². The van der Waals surface area contributed by atoms with Crippen molar-refractivity contribution in [1.29, 1.82) is 0 Å². The van der Waals surface area contributed by atoms with Gasteiger partial charge in [0.15, 0.2) is 0 Å². The van der Waals surface area contributed by atoms with Crippen LogP contribution in [0.2, 0.25) is 0 Å². The molecule has 0 spiro atoms. The van der Waals surface area contributed by atoms with Crippen molar-refractivity contribution in [1.82, 2.24) is 9.80 Å². The number of hydrogen-bond acceptors (Lipinski definition) is 5. The number of imide groups is 1. The average molecular weight is 364 g/mol. The van der Waals surface area contributed by atoms with Gasteiger partial charge in [0.25, 0.3) is 11.1 Å².